The molecule has 0 unspecified atom stereocenters. The van der Waals surface area contributed by atoms with Gasteiger partial charge in [0.15, 0.2) is 5.58 Å². The van der Waals surface area contributed by atoms with E-state index in [0.29, 0.717) is 16.7 Å². The first-order chi connectivity index (χ1) is 9.97. The number of carboxylic acid groups (broad SMARTS) is 2. The van der Waals surface area contributed by atoms with Crippen LogP contribution in [0.25, 0.3) is 11.0 Å². The van der Waals surface area contributed by atoms with Crippen LogP contribution in [0.1, 0.15) is 12.1 Å². The predicted molar refractivity (Wildman–Crippen MR) is 69.5 cm³/mol. The molecule has 1 amide bonds. The van der Waals surface area contributed by atoms with E-state index in [1.54, 1.807) is 24.3 Å². The van der Waals surface area contributed by atoms with Crippen molar-refractivity contribution in [3.8, 4) is 0 Å². The summed E-state index contributed by atoms with van der Waals surface area (Å²) < 4.78 is 5.03. The Morgan fingerprint density at radius 2 is 1.95 bits per heavy atom. The van der Waals surface area contributed by atoms with Gasteiger partial charge in [0, 0.05) is 5.39 Å². The number of hydrogen-bond donors (Lipinski definition) is 3. The molecule has 0 bridgehead atoms. The number of benzene rings is 1. The summed E-state index contributed by atoms with van der Waals surface area (Å²) in [4.78, 5) is 33.2. The highest BCUT2D eigenvalue weighted by Gasteiger charge is 2.23. The Balaban J connectivity index is 2.07. The lowest BCUT2D eigenvalue weighted by Crippen LogP contribution is -2.42. The molecule has 0 aliphatic carbocycles. The maximum Gasteiger partial charge on any atom is 0.326 e. The number of nitrogens with one attached hydrogen (secondary N) is 1. The second-order valence-electron chi connectivity index (χ2n) is 4.36. The average Bonchev–Trinajstić information content (AvgIpc) is 2.81. The summed E-state index contributed by atoms with van der Waals surface area (Å²) in [6, 6.07) is 5.44. The molecule has 1 aromatic carbocycles. The van der Waals surface area contributed by atoms with Crippen LogP contribution in [0.15, 0.2) is 28.8 Å². The van der Waals surface area contributed by atoms with Crippen LogP contribution in [0, 0.1) is 0 Å². The summed E-state index contributed by atoms with van der Waals surface area (Å²) in [6.07, 6.45) is -0.888. The molecule has 1 heterocycles. The van der Waals surface area contributed by atoms with E-state index >= 15 is 0 Å². The fraction of sp³-hybridized carbons (Fsp3) is 0.231. The molecule has 2 aromatic rings. The summed E-state index contributed by atoms with van der Waals surface area (Å²) in [6.45, 7) is 0. The van der Waals surface area contributed by atoms with Crippen LogP contribution in [-0.4, -0.2) is 39.3 Å². The van der Waals surface area contributed by atoms with Gasteiger partial charge in [0.1, 0.15) is 11.7 Å². The fourth-order valence-electron chi connectivity index (χ4n) is 1.84. The average molecular weight is 292 g/mol. The molecule has 3 N–H and O–H groups in total. The van der Waals surface area contributed by atoms with Gasteiger partial charge in [0.05, 0.1) is 12.8 Å². The normalized spacial score (nSPS) is 12.0. The fourth-order valence-corrected chi connectivity index (χ4v) is 1.84. The third-order valence-electron chi connectivity index (χ3n) is 2.79. The Bertz CT molecular complexity index is 693. The predicted octanol–water partition coefficient (Wildman–Crippen LogP) is 0.414. The monoisotopic (exact) mass is 292 g/mol. The number of carbonyl (C=O) groups excluding carboxylic acids is 1. The summed E-state index contributed by atoms with van der Waals surface area (Å²) in [5.74, 6) is -3.35. The van der Waals surface area contributed by atoms with E-state index in [0.717, 1.165) is 0 Å². The van der Waals surface area contributed by atoms with Crippen molar-refractivity contribution in [2.75, 3.05) is 0 Å². The highest BCUT2D eigenvalue weighted by atomic mass is 16.5. The summed E-state index contributed by atoms with van der Waals surface area (Å²) >= 11 is 0. The van der Waals surface area contributed by atoms with Gasteiger partial charge in [-0.25, -0.2) is 4.79 Å². The van der Waals surface area contributed by atoms with Gasteiger partial charge >= 0.3 is 11.9 Å². The van der Waals surface area contributed by atoms with E-state index in [1.807, 2.05) is 0 Å². The minimum Gasteiger partial charge on any atom is -0.481 e. The van der Waals surface area contributed by atoms with Crippen LogP contribution in [0.4, 0.5) is 0 Å². The molecule has 8 heteroatoms. The van der Waals surface area contributed by atoms with Gasteiger partial charge in [-0.3, -0.25) is 9.59 Å². The summed E-state index contributed by atoms with van der Waals surface area (Å²) in [5, 5.41) is 24.0. The molecule has 0 fully saturated rings. The third kappa shape index (κ3) is 3.56. The SMILES string of the molecule is O=C(O)C[C@@H](NC(=O)Cc1noc2ccccc12)C(=O)O. The molecular weight excluding hydrogens is 280 g/mol. The van der Waals surface area contributed by atoms with E-state index in [9.17, 15) is 14.4 Å². The van der Waals surface area contributed by atoms with Crippen molar-refractivity contribution in [1.29, 1.82) is 0 Å². The number of carboxylic acids is 2. The van der Waals surface area contributed by atoms with Gasteiger partial charge in [-0.1, -0.05) is 17.3 Å². The maximum absolute atomic E-state index is 11.8. The van der Waals surface area contributed by atoms with Crippen LogP contribution in [0.5, 0.6) is 0 Å². The van der Waals surface area contributed by atoms with Gasteiger partial charge in [0.25, 0.3) is 0 Å². The van der Waals surface area contributed by atoms with Gasteiger partial charge in [-0.15, -0.1) is 0 Å². The van der Waals surface area contributed by atoms with Gasteiger partial charge in [0.2, 0.25) is 5.91 Å². The summed E-state index contributed by atoms with van der Waals surface area (Å²) in [5.41, 5.74) is 0.878. The molecule has 0 aliphatic heterocycles. The molecule has 2 rings (SSSR count). The zero-order valence-electron chi connectivity index (χ0n) is 10.8. The second kappa shape index (κ2) is 6.04. The molecule has 0 aliphatic rings. The van der Waals surface area contributed by atoms with Crippen molar-refractivity contribution in [3.63, 3.8) is 0 Å². The van der Waals surface area contributed by atoms with E-state index in [1.165, 1.54) is 0 Å². The molecule has 0 saturated carbocycles. The molecule has 0 saturated heterocycles. The van der Waals surface area contributed by atoms with Crippen LogP contribution >= 0.6 is 0 Å². The Morgan fingerprint density at radius 3 is 2.62 bits per heavy atom. The third-order valence-corrected chi connectivity index (χ3v) is 2.79. The molecule has 1 aromatic heterocycles. The first-order valence-electron chi connectivity index (χ1n) is 6.04. The maximum atomic E-state index is 11.8. The topological polar surface area (TPSA) is 130 Å². The van der Waals surface area contributed by atoms with Gasteiger partial charge < -0.3 is 20.1 Å². The number of aromatic nitrogens is 1. The minimum absolute atomic E-state index is 0.194. The largest absolute Gasteiger partial charge is 0.481 e. The second-order valence-corrected chi connectivity index (χ2v) is 4.36. The molecule has 1 atom stereocenters. The molecule has 21 heavy (non-hydrogen) atoms. The van der Waals surface area contributed by atoms with Crippen LogP contribution < -0.4 is 5.32 Å². The molecule has 0 radical (unpaired) electrons. The number of amides is 1. The smallest absolute Gasteiger partial charge is 0.326 e. The van der Waals surface area contributed by atoms with Gasteiger partial charge in [-0.05, 0) is 12.1 Å². The number of aliphatic carboxylic acids is 2. The first-order valence-corrected chi connectivity index (χ1v) is 6.04. The first kappa shape index (κ1) is 14.5. The Hall–Kier alpha value is -2.90. The summed E-state index contributed by atoms with van der Waals surface area (Å²) in [7, 11) is 0. The lowest BCUT2D eigenvalue weighted by atomic mass is 10.1. The van der Waals surface area contributed by atoms with Crippen molar-refractivity contribution >= 4 is 28.8 Å². The zero-order chi connectivity index (χ0) is 15.4. The Morgan fingerprint density at radius 1 is 1.24 bits per heavy atom. The molecular formula is C13H12N2O6. The lowest BCUT2D eigenvalue weighted by molar-refractivity contribution is -0.147. The number of rotatable bonds is 6. The van der Waals surface area contributed by atoms with Crippen molar-refractivity contribution in [3.05, 3.63) is 30.0 Å². The lowest BCUT2D eigenvalue weighted by Gasteiger charge is -2.11. The van der Waals surface area contributed by atoms with Gasteiger partial charge in [-0.2, -0.15) is 0 Å². The number of nitrogens with zero attached hydrogens (tertiary/aromatic N) is 1. The minimum atomic E-state index is -1.48. The van der Waals surface area contributed by atoms with Crippen LogP contribution in [0.2, 0.25) is 0 Å². The number of para-hydroxylation sites is 1. The standard InChI is InChI=1S/C13H12N2O6/c16-11(14-9(13(19)20)6-12(17)18)5-8-7-3-1-2-4-10(7)21-15-8/h1-4,9H,5-6H2,(H,14,16)(H,17,18)(H,19,20)/t9-/m1/s1. The van der Waals surface area contributed by atoms with Crippen molar-refractivity contribution < 1.29 is 29.1 Å². The molecule has 110 valence electrons. The van der Waals surface area contributed by atoms with Crippen LogP contribution in [0.3, 0.4) is 0 Å². The highest BCUT2D eigenvalue weighted by Crippen LogP contribution is 2.18. The number of hydrogen-bond acceptors (Lipinski definition) is 5. The Labute approximate surface area is 118 Å². The van der Waals surface area contributed by atoms with Crippen LogP contribution in [-0.2, 0) is 20.8 Å². The molecule has 8 nitrogen and oxygen atoms in total. The Kier molecular flexibility index (Phi) is 4.17. The number of carbonyl (C=O) groups is 3. The zero-order valence-corrected chi connectivity index (χ0v) is 10.8. The van der Waals surface area contributed by atoms with Crippen molar-refractivity contribution in [2.24, 2.45) is 0 Å². The highest BCUT2D eigenvalue weighted by molar-refractivity contribution is 5.90. The van der Waals surface area contributed by atoms with Crippen molar-refractivity contribution in [2.45, 2.75) is 18.9 Å². The van der Waals surface area contributed by atoms with E-state index < -0.39 is 30.3 Å². The molecule has 0 spiro atoms. The van der Waals surface area contributed by atoms with E-state index in [4.69, 9.17) is 14.7 Å². The van der Waals surface area contributed by atoms with Crippen molar-refractivity contribution in [1.82, 2.24) is 10.5 Å². The van der Waals surface area contributed by atoms with E-state index in [-0.39, 0.29) is 6.42 Å². The number of fused-ring (bicyclic) bond motifs is 1. The van der Waals surface area contributed by atoms with E-state index in [2.05, 4.69) is 10.5 Å². The quantitative estimate of drug-likeness (QED) is 0.703.